The quantitative estimate of drug-likeness (QED) is 0.397. The van der Waals surface area contributed by atoms with Crippen LogP contribution in [0.3, 0.4) is 0 Å². The molecule has 1 fully saturated rings. The second-order valence-electron chi connectivity index (χ2n) is 2.81. The third-order valence-electron chi connectivity index (χ3n) is 1.99. The summed E-state index contributed by atoms with van der Waals surface area (Å²) in [6.07, 6.45) is -0.241. The van der Waals surface area contributed by atoms with Gasteiger partial charge in [0.1, 0.15) is 0 Å². The molecule has 1 aliphatic rings. The summed E-state index contributed by atoms with van der Waals surface area (Å²) in [6.45, 7) is 0. The monoisotopic (exact) mass is 222 g/mol. The third-order valence-corrected chi connectivity index (χ3v) is 4.27. The Hall–Kier alpha value is -0.710. The van der Waals surface area contributed by atoms with Crippen molar-refractivity contribution < 1.29 is 27.9 Å². The zero-order chi connectivity index (χ0) is 10.8. The van der Waals surface area contributed by atoms with Gasteiger partial charge in [-0.2, -0.15) is 0 Å². The Bertz CT molecular complexity index is 275. The average molecular weight is 222 g/mol. The van der Waals surface area contributed by atoms with Crippen LogP contribution in [0.1, 0.15) is 12.8 Å². The highest BCUT2D eigenvalue weighted by atomic mass is 31.2. The number of ether oxygens (including phenoxy) is 1. The van der Waals surface area contributed by atoms with Crippen LogP contribution < -0.4 is 0 Å². The molecule has 6 nitrogen and oxygen atoms in total. The number of carbonyl (C=O) groups excluding carboxylic acids is 2. The highest BCUT2D eigenvalue weighted by Gasteiger charge is 2.41. The second kappa shape index (κ2) is 4.21. The van der Waals surface area contributed by atoms with E-state index in [0.29, 0.717) is 0 Å². The van der Waals surface area contributed by atoms with Gasteiger partial charge in [0.25, 0.3) is 0 Å². The molecule has 0 N–H and O–H groups in total. The van der Waals surface area contributed by atoms with Gasteiger partial charge in [0.15, 0.2) is 0 Å². The summed E-state index contributed by atoms with van der Waals surface area (Å²) in [4.78, 5) is 21.8. The first-order chi connectivity index (χ1) is 6.51. The zero-order valence-corrected chi connectivity index (χ0v) is 8.78. The molecule has 0 aromatic carbocycles. The molecule has 0 amide bonds. The van der Waals surface area contributed by atoms with Crippen molar-refractivity contribution in [1.82, 2.24) is 0 Å². The Kier molecular flexibility index (Phi) is 3.42. The van der Waals surface area contributed by atoms with Gasteiger partial charge in [0.2, 0.25) is 0 Å². The van der Waals surface area contributed by atoms with Crippen LogP contribution in [0, 0.1) is 0 Å². The van der Waals surface area contributed by atoms with Crippen molar-refractivity contribution in [3.05, 3.63) is 0 Å². The Morgan fingerprint density at radius 1 is 1.21 bits per heavy atom. The summed E-state index contributed by atoms with van der Waals surface area (Å²) in [6, 6.07) is 0. The Labute approximate surface area is 81.0 Å². The molecule has 0 unspecified atom stereocenters. The maximum atomic E-state index is 11.8. The lowest BCUT2D eigenvalue weighted by Crippen LogP contribution is -2.29. The van der Waals surface area contributed by atoms with E-state index in [9.17, 15) is 14.2 Å². The van der Waals surface area contributed by atoms with E-state index >= 15 is 0 Å². The van der Waals surface area contributed by atoms with Gasteiger partial charge in [0.05, 0.1) is 18.5 Å². The van der Waals surface area contributed by atoms with Gasteiger partial charge in [-0.3, -0.25) is 14.2 Å². The number of hydrogen-bond donors (Lipinski definition) is 0. The molecule has 0 bridgehead atoms. The number of rotatable bonds is 3. The van der Waals surface area contributed by atoms with Crippen molar-refractivity contribution in [2.24, 2.45) is 0 Å². The van der Waals surface area contributed by atoms with Crippen LogP contribution in [0.15, 0.2) is 0 Å². The average Bonchev–Trinajstić information content (AvgIpc) is 2.15. The van der Waals surface area contributed by atoms with Gasteiger partial charge in [-0.25, -0.2) is 0 Å². The molecule has 0 atom stereocenters. The van der Waals surface area contributed by atoms with E-state index in [1.54, 1.807) is 0 Å². The fraction of sp³-hybridized carbons (Fsp3) is 0.714. The topological polar surface area (TPSA) is 78.9 Å². The van der Waals surface area contributed by atoms with Crippen LogP contribution in [0.2, 0.25) is 0 Å². The highest BCUT2D eigenvalue weighted by Crippen LogP contribution is 2.55. The summed E-state index contributed by atoms with van der Waals surface area (Å²) < 4.78 is 25.5. The van der Waals surface area contributed by atoms with Gasteiger partial charge in [-0.05, 0) is 0 Å². The Morgan fingerprint density at radius 2 is 1.64 bits per heavy atom. The summed E-state index contributed by atoms with van der Waals surface area (Å²) in [7, 11) is -0.919. The van der Waals surface area contributed by atoms with Crippen LogP contribution >= 0.6 is 7.60 Å². The van der Waals surface area contributed by atoms with Crippen LogP contribution in [0.4, 0.5) is 0 Å². The van der Waals surface area contributed by atoms with Crippen molar-refractivity contribution in [2.75, 3.05) is 14.2 Å². The molecule has 0 aliphatic carbocycles. The maximum absolute atomic E-state index is 11.8. The number of carbonyl (C=O) groups is 2. The molecule has 1 rings (SSSR count). The van der Waals surface area contributed by atoms with Crippen LogP contribution in [0.5, 0.6) is 0 Å². The predicted molar refractivity (Wildman–Crippen MR) is 45.7 cm³/mol. The van der Waals surface area contributed by atoms with E-state index in [0.717, 1.165) is 0 Å². The first kappa shape index (κ1) is 11.4. The van der Waals surface area contributed by atoms with E-state index in [2.05, 4.69) is 4.74 Å². The lowest BCUT2D eigenvalue weighted by Gasteiger charge is -2.25. The molecule has 14 heavy (non-hydrogen) atoms. The van der Waals surface area contributed by atoms with Crippen molar-refractivity contribution in [3.63, 3.8) is 0 Å². The Balaban J connectivity index is 2.81. The van der Waals surface area contributed by atoms with Crippen LogP contribution in [-0.4, -0.2) is 31.8 Å². The standard InChI is InChI=1S/C7H11O6P/c1-11-14(10,12-2)5-3-6(8)13-7(9)4-5/h5H,3-4H2,1-2H3. The molecule has 1 aliphatic heterocycles. The van der Waals surface area contributed by atoms with Crippen molar-refractivity contribution >= 4 is 19.5 Å². The predicted octanol–water partition coefficient (Wildman–Crippen LogP) is 0.704. The van der Waals surface area contributed by atoms with Crippen molar-refractivity contribution in [3.8, 4) is 0 Å². The highest BCUT2D eigenvalue weighted by molar-refractivity contribution is 7.54. The molecule has 0 saturated carbocycles. The van der Waals surface area contributed by atoms with Crippen molar-refractivity contribution in [2.45, 2.75) is 18.5 Å². The molecular weight excluding hydrogens is 211 g/mol. The summed E-state index contributed by atoms with van der Waals surface area (Å²) in [5.41, 5.74) is -0.730. The summed E-state index contributed by atoms with van der Waals surface area (Å²) in [5.74, 6) is -1.39. The second-order valence-corrected chi connectivity index (χ2v) is 5.35. The smallest absolute Gasteiger partial charge is 0.334 e. The van der Waals surface area contributed by atoms with Gasteiger partial charge in [-0.15, -0.1) is 0 Å². The van der Waals surface area contributed by atoms with Gasteiger partial charge in [-0.1, -0.05) is 0 Å². The summed E-state index contributed by atoms with van der Waals surface area (Å²) in [5, 5.41) is 0. The minimum atomic E-state index is -3.35. The number of esters is 2. The first-order valence-electron chi connectivity index (χ1n) is 3.96. The third kappa shape index (κ3) is 2.20. The maximum Gasteiger partial charge on any atom is 0.334 e. The molecule has 0 aromatic heterocycles. The lowest BCUT2D eigenvalue weighted by molar-refractivity contribution is -0.163. The van der Waals surface area contributed by atoms with Crippen LogP contribution in [0.25, 0.3) is 0 Å². The molecule has 1 saturated heterocycles. The zero-order valence-electron chi connectivity index (χ0n) is 7.89. The molecule has 0 radical (unpaired) electrons. The molecule has 7 heteroatoms. The van der Waals surface area contributed by atoms with Crippen LogP contribution in [-0.2, 0) is 27.9 Å². The van der Waals surface area contributed by atoms with E-state index in [1.165, 1.54) is 14.2 Å². The van der Waals surface area contributed by atoms with Gasteiger partial charge >= 0.3 is 19.5 Å². The molecule has 1 heterocycles. The lowest BCUT2D eigenvalue weighted by atomic mass is 10.2. The minimum Gasteiger partial charge on any atom is -0.393 e. The molecule has 0 spiro atoms. The number of hydrogen-bond acceptors (Lipinski definition) is 6. The molecule has 0 aromatic rings. The Morgan fingerprint density at radius 3 is 2.00 bits per heavy atom. The fourth-order valence-corrected chi connectivity index (χ4v) is 2.75. The van der Waals surface area contributed by atoms with E-state index in [4.69, 9.17) is 9.05 Å². The minimum absolute atomic E-state index is 0.120. The van der Waals surface area contributed by atoms with E-state index < -0.39 is 25.2 Å². The summed E-state index contributed by atoms with van der Waals surface area (Å²) >= 11 is 0. The normalized spacial score (nSPS) is 19.6. The SMILES string of the molecule is COP(=O)(OC)C1CC(=O)OC(=O)C1. The molecule has 80 valence electrons. The fourth-order valence-electron chi connectivity index (χ4n) is 1.26. The van der Waals surface area contributed by atoms with E-state index in [1.807, 2.05) is 0 Å². The molecular formula is C7H11O6P. The van der Waals surface area contributed by atoms with Gasteiger partial charge in [0, 0.05) is 14.2 Å². The van der Waals surface area contributed by atoms with Gasteiger partial charge < -0.3 is 13.8 Å². The van der Waals surface area contributed by atoms with E-state index in [-0.39, 0.29) is 12.8 Å². The van der Waals surface area contributed by atoms with Crippen molar-refractivity contribution in [1.29, 1.82) is 0 Å². The largest absolute Gasteiger partial charge is 0.393 e. The number of cyclic esters (lactones) is 2. The first-order valence-corrected chi connectivity index (χ1v) is 5.57.